The first-order valence-corrected chi connectivity index (χ1v) is 11.9. The molecule has 0 unspecified atom stereocenters. The smallest absolute Gasteiger partial charge is 0.407 e. The molecule has 0 spiro atoms. The van der Waals surface area contributed by atoms with Crippen LogP contribution in [0.1, 0.15) is 46.5 Å². The number of amides is 1. The van der Waals surface area contributed by atoms with Crippen molar-refractivity contribution in [3.8, 4) is 28.4 Å². The summed E-state index contributed by atoms with van der Waals surface area (Å²) < 4.78 is 18.8. The lowest BCUT2D eigenvalue weighted by Crippen LogP contribution is -2.41. The van der Waals surface area contributed by atoms with Crippen LogP contribution in [-0.4, -0.2) is 51.2 Å². The summed E-state index contributed by atoms with van der Waals surface area (Å²) in [4.78, 5) is 20.6. The molecule has 1 fully saturated rings. The predicted octanol–water partition coefficient (Wildman–Crippen LogP) is 4.80. The minimum Gasteiger partial charge on any atom is -0.494 e. The second-order valence-electron chi connectivity index (χ2n) is 9.76. The molecule has 35 heavy (non-hydrogen) atoms. The van der Waals surface area contributed by atoms with Crippen molar-refractivity contribution in [2.75, 3.05) is 13.7 Å². The summed E-state index contributed by atoms with van der Waals surface area (Å²) in [5.41, 5.74) is 1.88. The first kappa shape index (κ1) is 24.5. The van der Waals surface area contributed by atoms with E-state index in [0.29, 0.717) is 24.0 Å². The molecule has 9 heteroatoms. The van der Waals surface area contributed by atoms with Gasteiger partial charge in [-0.15, -0.1) is 0 Å². The Balaban J connectivity index is 1.35. The summed E-state index contributed by atoms with van der Waals surface area (Å²) in [6, 6.07) is 7.84. The molecule has 0 bridgehead atoms. The third kappa shape index (κ3) is 6.49. The molecule has 0 aliphatic heterocycles. The van der Waals surface area contributed by atoms with E-state index in [2.05, 4.69) is 20.4 Å². The lowest BCUT2D eigenvalue weighted by molar-refractivity contribution is 0.0483. The van der Waals surface area contributed by atoms with Gasteiger partial charge >= 0.3 is 6.09 Å². The monoisotopic (exact) mass is 479 g/mol. The van der Waals surface area contributed by atoms with Gasteiger partial charge in [-0.05, 0) is 64.5 Å². The van der Waals surface area contributed by atoms with E-state index in [4.69, 9.17) is 14.2 Å². The molecule has 1 aromatic carbocycles. The van der Waals surface area contributed by atoms with E-state index in [1.165, 1.54) is 6.33 Å². The maximum atomic E-state index is 12.0. The van der Waals surface area contributed by atoms with Gasteiger partial charge in [0.25, 0.3) is 0 Å². The predicted molar refractivity (Wildman–Crippen MR) is 132 cm³/mol. The number of aromatic nitrogens is 4. The number of ether oxygens (including phenoxy) is 3. The molecular weight excluding hydrogens is 446 g/mol. The van der Waals surface area contributed by atoms with E-state index in [0.717, 1.165) is 42.7 Å². The maximum absolute atomic E-state index is 12.0. The molecule has 1 aliphatic rings. The number of nitrogens with zero attached hydrogens (tertiary/aromatic N) is 4. The van der Waals surface area contributed by atoms with E-state index >= 15 is 0 Å². The van der Waals surface area contributed by atoms with Crippen molar-refractivity contribution in [2.45, 2.75) is 58.1 Å². The minimum absolute atomic E-state index is 0.137. The van der Waals surface area contributed by atoms with E-state index in [-0.39, 0.29) is 12.1 Å². The Morgan fingerprint density at radius 3 is 2.63 bits per heavy atom. The molecule has 2 heterocycles. The first-order chi connectivity index (χ1) is 16.8. The second kappa shape index (κ2) is 10.8. The summed E-state index contributed by atoms with van der Waals surface area (Å²) >= 11 is 0. The van der Waals surface area contributed by atoms with Crippen LogP contribution in [0.15, 0.2) is 49.2 Å². The third-order valence-electron chi connectivity index (χ3n) is 5.91. The zero-order valence-corrected chi connectivity index (χ0v) is 20.7. The molecular formula is C26H33N5O4. The van der Waals surface area contributed by atoms with E-state index in [9.17, 15) is 4.79 Å². The summed E-state index contributed by atoms with van der Waals surface area (Å²) in [6.07, 6.45) is 10.3. The molecule has 1 saturated carbocycles. The van der Waals surface area contributed by atoms with Gasteiger partial charge in [0, 0.05) is 17.8 Å². The molecule has 1 amide bonds. The highest BCUT2D eigenvalue weighted by Crippen LogP contribution is 2.31. The standard InChI is InChI=1S/C26H33N5O4/c1-26(2,3)35-25(32)30-20-11-9-18(10-12-20)16-34-23-14-27-17-28-24(23)19-13-29-31(15-19)21-7-5-6-8-22(21)33-4/h5-8,13-15,17-18,20H,9-12,16H2,1-4H3,(H,30,32). The van der Waals surface area contributed by atoms with Crippen molar-refractivity contribution in [1.29, 1.82) is 0 Å². The van der Waals surface area contributed by atoms with Crippen LogP contribution in [-0.2, 0) is 4.74 Å². The van der Waals surface area contributed by atoms with Crippen LogP contribution in [0.5, 0.6) is 11.5 Å². The number of carbonyl (C=O) groups is 1. The number of rotatable bonds is 7. The topological polar surface area (TPSA) is 100 Å². The first-order valence-electron chi connectivity index (χ1n) is 11.9. The van der Waals surface area contributed by atoms with Gasteiger partial charge in [-0.3, -0.25) is 0 Å². The lowest BCUT2D eigenvalue weighted by atomic mass is 9.86. The zero-order chi connectivity index (χ0) is 24.8. The fourth-order valence-electron chi connectivity index (χ4n) is 4.19. The summed E-state index contributed by atoms with van der Waals surface area (Å²) in [5, 5.41) is 7.48. The van der Waals surface area contributed by atoms with Crippen molar-refractivity contribution in [3.63, 3.8) is 0 Å². The SMILES string of the molecule is COc1ccccc1-n1cc(-c2ncncc2OCC2CCC(NC(=O)OC(C)(C)C)CC2)cn1. The number of para-hydroxylation sites is 2. The number of benzene rings is 1. The molecule has 3 aromatic rings. The Hall–Kier alpha value is -3.62. The number of carbonyl (C=O) groups excluding carboxylic acids is 1. The third-order valence-corrected chi connectivity index (χ3v) is 5.91. The maximum Gasteiger partial charge on any atom is 0.407 e. The number of hydrogen-bond donors (Lipinski definition) is 1. The van der Waals surface area contributed by atoms with Crippen LogP contribution in [0.25, 0.3) is 16.9 Å². The Morgan fingerprint density at radius 2 is 1.89 bits per heavy atom. The molecule has 0 saturated heterocycles. The summed E-state index contributed by atoms with van der Waals surface area (Å²) in [7, 11) is 1.64. The van der Waals surface area contributed by atoms with Gasteiger partial charge in [-0.1, -0.05) is 12.1 Å². The Morgan fingerprint density at radius 1 is 1.11 bits per heavy atom. The largest absolute Gasteiger partial charge is 0.494 e. The van der Waals surface area contributed by atoms with Gasteiger partial charge in [0.2, 0.25) is 0 Å². The Labute approximate surface area is 205 Å². The van der Waals surface area contributed by atoms with Gasteiger partial charge in [0.1, 0.15) is 29.1 Å². The average Bonchev–Trinajstić information content (AvgIpc) is 3.32. The molecule has 186 valence electrons. The van der Waals surface area contributed by atoms with Crippen LogP contribution < -0.4 is 14.8 Å². The van der Waals surface area contributed by atoms with Crippen molar-refractivity contribution < 1.29 is 19.0 Å². The van der Waals surface area contributed by atoms with E-state index in [1.54, 1.807) is 24.2 Å². The second-order valence-corrected chi connectivity index (χ2v) is 9.76. The van der Waals surface area contributed by atoms with Gasteiger partial charge in [-0.2, -0.15) is 5.10 Å². The minimum atomic E-state index is -0.492. The Bertz CT molecular complexity index is 1130. The molecule has 1 aliphatic carbocycles. The molecule has 2 aromatic heterocycles. The van der Waals surface area contributed by atoms with Gasteiger partial charge < -0.3 is 19.5 Å². The summed E-state index contributed by atoms with van der Waals surface area (Å²) in [5.74, 6) is 1.76. The quantitative estimate of drug-likeness (QED) is 0.519. The average molecular weight is 480 g/mol. The zero-order valence-electron chi connectivity index (χ0n) is 20.7. The molecule has 9 nitrogen and oxygen atoms in total. The normalized spacial score (nSPS) is 18.1. The molecule has 4 rings (SSSR count). The number of methoxy groups -OCH3 is 1. The molecule has 0 atom stereocenters. The van der Waals surface area contributed by atoms with E-state index in [1.807, 2.05) is 51.2 Å². The van der Waals surface area contributed by atoms with Crippen LogP contribution in [0, 0.1) is 5.92 Å². The fourth-order valence-corrected chi connectivity index (χ4v) is 4.19. The van der Waals surface area contributed by atoms with Crippen LogP contribution in [0.3, 0.4) is 0 Å². The van der Waals surface area contributed by atoms with E-state index < -0.39 is 5.60 Å². The van der Waals surface area contributed by atoms with Crippen molar-refractivity contribution in [3.05, 3.63) is 49.2 Å². The number of alkyl carbamates (subject to hydrolysis) is 1. The molecule has 1 N–H and O–H groups in total. The van der Waals surface area contributed by atoms with Crippen molar-refractivity contribution >= 4 is 6.09 Å². The Kier molecular flexibility index (Phi) is 7.53. The van der Waals surface area contributed by atoms with Crippen LogP contribution in [0.4, 0.5) is 4.79 Å². The lowest BCUT2D eigenvalue weighted by Gasteiger charge is -2.30. The highest BCUT2D eigenvalue weighted by atomic mass is 16.6. The molecule has 0 radical (unpaired) electrons. The number of hydrogen-bond acceptors (Lipinski definition) is 7. The summed E-state index contributed by atoms with van der Waals surface area (Å²) in [6.45, 7) is 6.17. The highest BCUT2D eigenvalue weighted by Gasteiger charge is 2.25. The van der Waals surface area contributed by atoms with Gasteiger partial charge in [-0.25, -0.2) is 19.4 Å². The highest BCUT2D eigenvalue weighted by molar-refractivity contribution is 5.68. The number of nitrogens with one attached hydrogen (secondary N) is 1. The van der Waals surface area contributed by atoms with Crippen molar-refractivity contribution in [1.82, 2.24) is 25.1 Å². The van der Waals surface area contributed by atoms with Gasteiger partial charge in [0.15, 0.2) is 5.75 Å². The van der Waals surface area contributed by atoms with Crippen molar-refractivity contribution in [2.24, 2.45) is 5.92 Å². The van der Waals surface area contributed by atoms with Crippen LogP contribution >= 0.6 is 0 Å². The van der Waals surface area contributed by atoms with Crippen LogP contribution in [0.2, 0.25) is 0 Å². The fraction of sp³-hybridized carbons (Fsp3) is 0.462. The van der Waals surface area contributed by atoms with Gasteiger partial charge in [0.05, 0.1) is 26.1 Å².